The second-order valence-electron chi connectivity index (χ2n) is 10.7. The van der Waals surface area contributed by atoms with E-state index in [2.05, 4.69) is 50.0 Å². The average Bonchev–Trinajstić information content (AvgIpc) is 3.53. The van der Waals surface area contributed by atoms with Crippen molar-refractivity contribution in [2.75, 3.05) is 13.2 Å². The molecular formula is C27H38N6O2. The molecule has 0 spiro atoms. The van der Waals surface area contributed by atoms with Crippen LogP contribution in [0.3, 0.4) is 0 Å². The Labute approximate surface area is 207 Å². The minimum absolute atomic E-state index is 0.0104. The molecule has 0 bridgehead atoms. The van der Waals surface area contributed by atoms with Crippen molar-refractivity contribution >= 4 is 10.9 Å². The second kappa shape index (κ2) is 10.6. The average molecular weight is 479 g/mol. The van der Waals surface area contributed by atoms with Crippen LogP contribution in [0.5, 0.6) is 0 Å². The number of tetrazole rings is 1. The maximum atomic E-state index is 13.2. The summed E-state index contributed by atoms with van der Waals surface area (Å²) in [5.41, 5.74) is 2.73. The number of nitrogens with zero attached hydrogens (tertiary/aromatic N) is 5. The lowest BCUT2D eigenvalue weighted by Crippen LogP contribution is -2.40. The van der Waals surface area contributed by atoms with Crippen LogP contribution in [0.15, 0.2) is 29.1 Å². The maximum Gasteiger partial charge on any atom is 0.252 e. The largest absolute Gasteiger partial charge is 0.377 e. The Morgan fingerprint density at radius 2 is 2.00 bits per heavy atom. The van der Waals surface area contributed by atoms with Crippen LogP contribution in [0.25, 0.3) is 10.9 Å². The van der Waals surface area contributed by atoms with E-state index < -0.39 is 0 Å². The van der Waals surface area contributed by atoms with Crippen molar-refractivity contribution in [3.8, 4) is 0 Å². The predicted octanol–water partition coefficient (Wildman–Crippen LogP) is 4.71. The van der Waals surface area contributed by atoms with Gasteiger partial charge in [0.25, 0.3) is 5.56 Å². The lowest BCUT2D eigenvalue weighted by Gasteiger charge is -2.36. The summed E-state index contributed by atoms with van der Waals surface area (Å²) in [6, 6.07) is 8.53. The molecule has 1 N–H and O–H groups in total. The molecule has 8 nitrogen and oxygen atoms in total. The van der Waals surface area contributed by atoms with E-state index in [1.807, 2.05) is 25.1 Å². The minimum Gasteiger partial charge on any atom is -0.377 e. The van der Waals surface area contributed by atoms with Gasteiger partial charge in [-0.2, -0.15) is 0 Å². The van der Waals surface area contributed by atoms with E-state index in [4.69, 9.17) is 4.74 Å². The lowest BCUT2D eigenvalue weighted by molar-refractivity contribution is 0.0375. The van der Waals surface area contributed by atoms with Crippen molar-refractivity contribution in [1.29, 1.82) is 0 Å². The number of para-hydroxylation sites is 1. The van der Waals surface area contributed by atoms with Crippen LogP contribution in [0.1, 0.15) is 87.8 Å². The van der Waals surface area contributed by atoms with E-state index in [9.17, 15) is 4.79 Å². The molecule has 2 atom stereocenters. The molecule has 35 heavy (non-hydrogen) atoms. The first-order valence-electron chi connectivity index (χ1n) is 13.3. The molecule has 8 heteroatoms. The monoisotopic (exact) mass is 478 g/mol. The van der Waals surface area contributed by atoms with Gasteiger partial charge in [0.1, 0.15) is 0 Å². The Bertz CT molecular complexity index is 1190. The summed E-state index contributed by atoms with van der Waals surface area (Å²) in [5, 5.41) is 14.2. The van der Waals surface area contributed by atoms with Gasteiger partial charge in [0.2, 0.25) is 0 Å². The first kappa shape index (κ1) is 24.1. The molecule has 3 heterocycles. The van der Waals surface area contributed by atoms with Crippen molar-refractivity contribution in [1.82, 2.24) is 30.1 Å². The van der Waals surface area contributed by atoms with E-state index in [-0.39, 0.29) is 23.6 Å². The van der Waals surface area contributed by atoms with E-state index in [0.717, 1.165) is 66.7 Å². The quantitative estimate of drug-likeness (QED) is 0.505. The zero-order chi connectivity index (χ0) is 24.4. The molecule has 1 aliphatic heterocycles. The normalized spacial score (nSPS) is 20.3. The summed E-state index contributed by atoms with van der Waals surface area (Å²) < 4.78 is 8.13. The fourth-order valence-electron chi connectivity index (χ4n) is 5.96. The first-order chi connectivity index (χ1) is 17.0. The Hall–Kier alpha value is -2.58. The molecule has 3 aromatic rings. The van der Waals surface area contributed by atoms with Crippen molar-refractivity contribution < 1.29 is 4.74 Å². The van der Waals surface area contributed by atoms with E-state index in [1.165, 1.54) is 19.3 Å². The molecular weight excluding hydrogens is 440 g/mol. The molecule has 2 fully saturated rings. The molecule has 0 radical (unpaired) electrons. The number of rotatable bonds is 8. The number of pyridine rings is 1. The summed E-state index contributed by atoms with van der Waals surface area (Å²) in [4.78, 5) is 18.7. The van der Waals surface area contributed by atoms with Gasteiger partial charge in [0.05, 0.1) is 23.7 Å². The number of ether oxygens (including phenoxy) is 1. The lowest BCUT2D eigenvalue weighted by atomic mass is 9.94. The molecule has 5 rings (SSSR count). The zero-order valence-electron chi connectivity index (χ0n) is 21.2. The third-order valence-corrected chi connectivity index (χ3v) is 7.73. The number of hydrogen-bond acceptors (Lipinski definition) is 6. The van der Waals surface area contributed by atoms with Gasteiger partial charge in [-0.1, -0.05) is 51.3 Å². The minimum atomic E-state index is -0.0291. The first-order valence-corrected chi connectivity index (χ1v) is 13.3. The van der Waals surface area contributed by atoms with Crippen LogP contribution in [0, 0.1) is 12.8 Å². The highest BCUT2D eigenvalue weighted by molar-refractivity contribution is 5.81. The zero-order valence-corrected chi connectivity index (χ0v) is 21.2. The standard InChI is InChI=1S/C27H38N6O2/c1-18(2)25(26-29-30-31-33(26)22-11-5-4-6-12-22)32(17-23-13-8-14-35-23)16-21-15-20-10-7-9-19(3)24(20)28-27(21)34/h7,9-10,15,18,22-23,25H,4-6,8,11-14,16-17H2,1-3H3,(H,28,34)/t23-,25+/m1/s1. The van der Waals surface area contributed by atoms with Gasteiger partial charge in [-0.3, -0.25) is 9.69 Å². The smallest absolute Gasteiger partial charge is 0.252 e. The molecule has 1 aromatic carbocycles. The van der Waals surface area contributed by atoms with Crippen LogP contribution in [-0.2, 0) is 11.3 Å². The number of nitrogens with one attached hydrogen (secondary N) is 1. The number of benzene rings is 1. The number of hydrogen-bond donors (Lipinski definition) is 1. The molecule has 2 aromatic heterocycles. The van der Waals surface area contributed by atoms with Crippen molar-refractivity contribution in [2.24, 2.45) is 5.92 Å². The number of aryl methyl sites for hydroxylation is 1. The Morgan fingerprint density at radius 3 is 2.74 bits per heavy atom. The second-order valence-corrected chi connectivity index (χ2v) is 10.7. The summed E-state index contributed by atoms with van der Waals surface area (Å²) in [6.07, 6.45) is 8.27. The fourth-order valence-corrected chi connectivity index (χ4v) is 5.96. The van der Waals surface area contributed by atoms with Crippen molar-refractivity contribution in [3.05, 3.63) is 51.6 Å². The highest BCUT2D eigenvalue weighted by atomic mass is 16.5. The molecule has 188 valence electrons. The molecule has 0 unspecified atom stereocenters. The van der Waals surface area contributed by atoms with E-state index in [0.29, 0.717) is 12.6 Å². The summed E-state index contributed by atoms with van der Waals surface area (Å²) >= 11 is 0. The Kier molecular flexibility index (Phi) is 7.29. The van der Waals surface area contributed by atoms with E-state index >= 15 is 0 Å². The van der Waals surface area contributed by atoms with Gasteiger partial charge in [-0.15, -0.1) is 5.10 Å². The van der Waals surface area contributed by atoms with Crippen LogP contribution < -0.4 is 5.56 Å². The maximum absolute atomic E-state index is 13.2. The van der Waals surface area contributed by atoms with Gasteiger partial charge in [0.15, 0.2) is 5.82 Å². The predicted molar refractivity (Wildman–Crippen MR) is 136 cm³/mol. The Morgan fingerprint density at radius 1 is 1.17 bits per heavy atom. The van der Waals surface area contributed by atoms with Crippen LogP contribution >= 0.6 is 0 Å². The topological polar surface area (TPSA) is 88.9 Å². The summed E-state index contributed by atoms with van der Waals surface area (Å²) in [7, 11) is 0. The van der Waals surface area contributed by atoms with Crippen LogP contribution in [0.2, 0.25) is 0 Å². The van der Waals surface area contributed by atoms with E-state index in [1.54, 1.807) is 0 Å². The van der Waals surface area contributed by atoms with Gasteiger partial charge in [-0.05, 0) is 66.0 Å². The van der Waals surface area contributed by atoms with Gasteiger partial charge in [-0.25, -0.2) is 4.68 Å². The highest BCUT2D eigenvalue weighted by Gasteiger charge is 2.34. The number of aromatic nitrogens is 5. The van der Waals surface area contributed by atoms with Crippen LogP contribution in [0.4, 0.5) is 0 Å². The summed E-state index contributed by atoms with van der Waals surface area (Å²) in [6.45, 7) is 8.56. The number of fused-ring (bicyclic) bond motifs is 1. The SMILES string of the molecule is Cc1cccc2cc(CN(C[C@H]3CCCO3)[C@H](c3nnnn3C3CCCCC3)C(C)C)c(=O)[nH]c12. The van der Waals surface area contributed by atoms with Crippen molar-refractivity contribution in [2.45, 2.75) is 90.4 Å². The fraction of sp³-hybridized carbons (Fsp3) is 0.630. The number of H-pyrrole nitrogens is 1. The third kappa shape index (κ3) is 5.19. The number of aromatic amines is 1. The molecule has 2 aliphatic rings. The molecule has 1 aliphatic carbocycles. The summed E-state index contributed by atoms with van der Waals surface area (Å²) in [5.74, 6) is 1.18. The van der Waals surface area contributed by atoms with Crippen LogP contribution in [-0.4, -0.2) is 49.3 Å². The van der Waals surface area contributed by atoms with Gasteiger partial charge in [0, 0.05) is 25.3 Å². The molecule has 1 saturated carbocycles. The van der Waals surface area contributed by atoms with Crippen molar-refractivity contribution in [3.63, 3.8) is 0 Å². The van der Waals surface area contributed by atoms with Gasteiger partial charge < -0.3 is 9.72 Å². The Balaban J connectivity index is 1.52. The highest BCUT2D eigenvalue weighted by Crippen LogP contribution is 2.34. The van der Waals surface area contributed by atoms with Gasteiger partial charge >= 0.3 is 0 Å². The molecule has 1 saturated heterocycles. The third-order valence-electron chi connectivity index (χ3n) is 7.73. The molecule has 0 amide bonds.